The minimum absolute atomic E-state index is 0.0124. The second-order valence-corrected chi connectivity index (χ2v) is 13.1. The van der Waals surface area contributed by atoms with Crippen LogP contribution in [0.3, 0.4) is 0 Å². The van der Waals surface area contributed by atoms with Crippen LogP contribution in [0, 0.1) is 0 Å². The number of carbonyl (C=O) groups is 2. The Morgan fingerprint density at radius 1 is 1.20 bits per heavy atom. The van der Waals surface area contributed by atoms with Gasteiger partial charge in [0.2, 0.25) is 16.4 Å². The van der Waals surface area contributed by atoms with E-state index in [-0.39, 0.29) is 69.9 Å². The Labute approximate surface area is 261 Å². The lowest BCUT2D eigenvalue weighted by atomic mass is 9.88. The molecule has 230 valence electrons. The Balaban J connectivity index is 1.33. The molecule has 4 aromatic rings. The van der Waals surface area contributed by atoms with Gasteiger partial charge in [0.25, 0.3) is 11.5 Å². The van der Waals surface area contributed by atoms with Crippen LogP contribution in [0.2, 0.25) is 5.02 Å². The summed E-state index contributed by atoms with van der Waals surface area (Å²) in [6, 6.07) is 5.35. The number of alkyl halides is 3. The van der Waals surface area contributed by atoms with Crippen LogP contribution in [0.1, 0.15) is 40.2 Å². The minimum Gasteiger partial charge on any atom is -0.505 e. The molecule has 12 nitrogen and oxygen atoms in total. The molecule has 1 unspecified atom stereocenters. The fraction of sp³-hybridized carbons (Fsp3) is 0.308. The summed E-state index contributed by atoms with van der Waals surface area (Å²) >= 11 is 9.16. The summed E-state index contributed by atoms with van der Waals surface area (Å²) in [6.45, 7) is -0.220. The highest BCUT2D eigenvalue weighted by atomic mass is 79.9. The number of benzene rings is 1. The third kappa shape index (κ3) is 5.05. The molecule has 5 heterocycles. The number of pyridine rings is 1. The number of hydrogen-bond donors (Lipinski definition) is 2. The normalized spacial score (nSPS) is 17.7. The fourth-order valence-corrected chi connectivity index (χ4v) is 8.05. The lowest BCUT2D eigenvalue weighted by Crippen LogP contribution is -2.48. The van der Waals surface area contributed by atoms with Crippen molar-refractivity contribution in [2.75, 3.05) is 18.4 Å². The maximum atomic E-state index is 13.8. The van der Waals surface area contributed by atoms with Gasteiger partial charge in [0, 0.05) is 35.8 Å². The van der Waals surface area contributed by atoms with Crippen LogP contribution in [0.25, 0.3) is 5.78 Å². The predicted octanol–water partition coefficient (Wildman–Crippen LogP) is 3.46. The second kappa shape index (κ2) is 11.0. The maximum absolute atomic E-state index is 13.8. The van der Waals surface area contributed by atoms with E-state index in [1.165, 1.54) is 27.8 Å². The first-order valence-corrected chi connectivity index (χ1v) is 15.5. The molecule has 44 heavy (non-hydrogen) atoms. The smallest absolute Gasteiger partial charge is 0.416 e. The molecular weight excluding hydrogens is 695 g/mol. The van der Waals surface area contributed by atoms with Gasteiger partial charge >= 0.3 is 6.18 Å². The minimum atomic E-state index is -4.62. The van der Waals surface area contributed by atoms with E-state index in [2.05, 4.69) is 36.3 Å². The molecule has 1 fully saturated rings. The summed E-state index contributed by atoms with van der Waals surface area (Å²) in [6.07, 6.45) is -2.94. The molecule has 1 aromatic carbocycles. The molecule has 18 heteroatoms. The standard InChI is InChI=1S/C26H20BrClF3N7O5S/c27-23-34-24-37(11-18(40)33-15-4-3-13(10-14(15)28)26(29,30)31)16-12-44(43)25(19(16)21(41)38(24)35-23)5-8-36(9-6-25)22(42)20-17(39)2-1-7-32-20/h1-4,7,10,39H,5-6,8-9,11-12H2,(H,33,40). The van der Waals surface area contributed by atoms with Gasteiger partial charge in [0.15, 0.2) is 5.69 Å². The Morgan fingerprint density at radius 2 is 1.93 bits per heavy atom. The SMILES string of the molecule is O=C(Cn1c2c(c(=O)n3nc(Br)nc13)C1(CCN(C(=O)c3ncccc3O)CC1)S(=O)C2)Nc1ccc(C(F)(F)F)cc1Cl. The van der Waals surface area contributed by atoms with E-state index < -0.39 is 51.2 Å². The Kier molecular flexibility index (Phi) is 7.52. The number of rotatable bonds is 4. The van der Waals surface area contributed by atoms with Gasteiger partial charge < -0.3 is 19.9 Å². The van der Waals surface area contributed by atoms with E-state index in [4.69, 9.17) is 11.6 Å². The van der Waals surface area contributed by atoms with Crippen LogP contribution >= 0.6 is 27.5 Å². The molecule has 2 N–H and O–H groups in total. The molecular formula is C26H20BrClF3N7O5S. The Hall–Kier alpha value is -3.83. The number of carbonyl (C=O) groups excluding carboxylic acids is 2. The molecule has 1 saturated heterocycles. The van der Waals surface area contributed by atoms with Crippen LogP contribution in [0.5, 0.6) is 5.75 Å². The van der Waals surface area contributed by atoms with Crippen molar-refractivity contribution in [1.29, 1.82) is 0 Å². The van der Waals surface area contributed by atoms with Crippen molar-refractivity contribution in [2.24, 2.45) is 0 Å². The molecule has 1 spiro atoms. The van der Waals surface area contributed by atoms with Crippen LogP contribution in [-0.4, -0.2) is 63.3 Å². The number of fused-ring (bicyclic) bond motifs is 3. The van der Waals surface area contributed by atoms with E-state index in [0.29, 0.717) is 11.8 Å². The Bertz CT molecular complexity index is 1940. The largest absolute Gasteiger partial charge is 0.505 e. The lowest BCUT2D eigenvalue weighted by molar-refractivity contribution is -0.137. The van der Waals surface area contributed by atoms with Crippen molar-refractivity contribution in [1.82, 2.24) is 29.0 Å². The van der Waals surface area contributed by atoms with E-state index in [9.17, 15) is 36.9 Å². The lowest BCUT2D eigenvalue weighted by Gasteiger charge is -2.38. The number of amides is 2. The molecule has 0 saturated carbocycles. The zero-order chi connectivity index (χ0) is 31.6. The van der Waals surface area contributed by atoms with E-state index in [0.717, 1.165) is 16.6 Å². The number of halogens is 5. The number of anilines is 1. The molecule has 3 aromatic heterocycles. The van der Waals surface area contributed by atoms with Gasteiger partial charge in [-0.2, -0.15) is 22.7 Å². The zero-order valence-corrected chi connectivity index (χ0v) is 25.4. The van der Waals surface area contributed by atoms with Gasteiger partial charge in [-0.3, -0.25) is 18.6 Å². The number of likely N-dealkylation sites (tertiary alicyclic amines) is 1. The number of piperidine rings is 1. The van der Waals surface area contributed by atoms with Crippen molar-refractivity contribution in [3.8, 4) is 5.75 Å². The number of aromatic hydroxyl groups is 1. The quantitative estimate of drug-likeness (QED) is 0.326. The average molecular weight is 715 g/mol. The average Bonchev–Trinajstić information content (AvgIpc) is 3.49. The van der Waals surface area contributed by atoms with Crippen LogP contribution < -0.4 is 10.9 Å². The topological polar surface area (TPSA) is 152 Å². The molecule has 1 atom stereocenters. The van der Waals surface area contributed by atoms with Gasteiger partial charge in [-0.25, -0.2) is 4.98 Å². The molecule has 0 bridgehead atoms. The van der Waals surface area contributed by atoms with Crippen LogP contribution in [0.4, 0.5) is 18.9 Å². The third-order valence-electron chi connectivity index (χ3n) is 7.71. The van der Waals surface area contributed by atoms with Crippen molar-refractivity contribution in [2.45, 2.75) is 36.1 Å². The summed E-state index contributed by atoms with van der Waals surface area (Å²) in [5.41, 5.74) is -1.23. The van der Waals surface area contributed by atoms with Crippen LogP contribution in [0.15, 0.2) is 46.1 Å². The molecule has 0 aliphatic carbocycles. The number of nitrogens with one attached hydrogen (secondary N) is 1. The number of hydrogen-bond acceptors (Lipinski definition) is 8. The van der Waals surface area contributed by atoms with Gasteiger partial charge in [-0.15, -0.1) is 5.10 Å². The highest BCUT2D eigenvalue weighted by Crippen LogP contribution is 2.45. The van der Waals surface area contributed by atoms with Crippen molar-refractivity contribution < 1.29 is 32.1 Å². The van der Waals surface area contributed by atoms with Gasteiger partial charge in [0.05, 0.1) is 32.3 Å². The second-order valence-electron chi connectivity index (χ2n) is 10.2. The molecule has 2 amide bonds. The highest BCUT2D eigenvalue weighted by Gasteiger charge is 2.51. The monoisotopic (exact) mass is 713 g/mol. The summed E-state index contributed by atoms with van der Waals surface area (Å²) in [5.74, 6) is -1.57. The maximum Gasteiger partial charge on any atom is 0.416 e. The molecule has 2 aliphatic rings. The van der Waals surface area contributed by atoms with Crippen molar-refractivity contribution in [3.63, 3.8) is 0 Å². The first kappa shape index (κ1) is 30.2. The van der Waals surface area contributed by atoms with Gasteiger partial charge in [-0.05, 0) is 59.1 Å². The number of nitrogens with zero attached hydrogens (tertiary/aromatic N) is 6. The Morgan fingerprint density at radius 3 is 2.59 bits per heavy atom. The van der Waals surface area contributed by atoms with Crippen molar-refractivity contribution in [3.05, 3.63) is 79.2 Å². The highest BCUT2D eigenvalue weighted by molar-refractivity contribution is 9.10. The summed E-state index contributed by atoms with van der Waals surface area (Å²) < 4.78 is 54.2. The first-order valence-electron chi connectivity index (χ1n) is 13.0. The first-order chi connectivity index (χ1) is 20.8. The van der Waals surface area contributed by atoms with Crippen molar-refractivity contribution >= 4 is 61.6 Å². The van der Waals surface area contributed by atoms with Gasteiger partial charge in [0.1, 0.15) is 12.3 Å². The van der Waals surface area contributed by atoms with E-state index in [1.807, 2.05) is 0 Å². The van der Waals surface area contributed by atoms with E-state index >= 15 is 0 Å². The summed E-state index contributed by atoms with van der Waals surface area (Å²) in [5, 5.41) is 16.3. The summed E-state index contributed by atoms with van der Waals surface area (Å²) in [7, 11) is -1.63. The molecule has 2 aliphatic heterocycles. The predicted molar refractivity (Wildman–Crippen MR) is 155 cm³/mol. The fourth-order valence-electron chi connectivity index (χ4n) is 5.61. The number of aromatic nitrogens is 5. The molecule has 6 rings (SSSR count). The third-order valence-corrected chi connectivity index (χ3v) is 10.4. The zero-order valence-electron chi connectivity index (χ0n) is 22.3. The van der Waals surface area contributed by atoms with E-state index in [1.54, 1.807) is 0 Å². The van der Waals surface area contributed by atoms with Crippen LogP contribution in [-0.2, 0) is 38.8 Å². The molecule has 0 radical (unpaired) electrons. The summed E-state index contributed by atoms with van der Waals surface area (Å²) in [4.78, 5) is 49.6. The van der Waals surface area contributed by atoms with Gasteiger partial charge in [-0.1, -0.05) is 11.6 Å².